The molecule has 1 aromatic heterocycles. The number of nitrogens with zero attached hydrogens (tertiary/aromatic N) is 3. The highest BCUT2D eigenvalue weighted by molar-refractivity contribution is 9.10. The molecule has 0 spiro atoms. The van der Waals surface area contributed by atoms with E-state index in [0.717, 1.165) is 10.4 Å². The average molecular weight is 238 g/mol. The Kier molecular flexibility index (Phi) is 2.14. The molecule has 0 aliphatic heterocycles. The minimum absolute atomic E-state index is 0.719. The molecule has 0 saturated carbocycles. The fourth-order valence-electron chi connectivity index (χ4n) is 1.10. The number of rotatable bonds is 1. The first kappa shape index (κ1) is 8.44. The molecule has 0 aliphatic rings. The lowest BCUT2D eigenvalue weighted by Gasteiger charge is -2.02. The summed E-state index contributed by atoms with van der Waals surface area (Å²) in [5.41, 5.74) is 2.30. The summed E-state index contributed by atoms with van der Waals surface area (Å²) >= 11 is 3.31. The molecule has 0 radical (unpaired) electrons. The zero-order valence-corrected chi connectivity index (χ0v) is 8.69. The van der Waals surface area contributed by atoms with Crippen LogP contribution in [0.2, 0.25) is 0 Å². The van der Waals surface area contributed by atoms with Gasteiger partial charge in [-0.25, -0.2) is 0 Å². The Balaban J connectivity index is 2.47. The number of aromatic nitrogens is 3. The summed E-state index contributed by atoms with van der Waals surface area (Å²) in [4.78, 5) is 0. The SMILES string of the molecule is Cc1ccc(-n2cnnc2Br)cc1. The maximum absolute atomic E-state index is 3.85. The normalized spacial score (nSPS) is 10.3. The van der Waals surface area contributed by atoms with Crippen LogP contribution < -0.4 is 0 Å². The molecule has 66 valence electrons. The lowest BCUT2D eigenvalue weighted by molar-refractivity contribution is 1.01. The highest BCUT2D eigenvalue weighted by atomic mass is 79.9. The topological polar surface area (TPSA) is 30.7 Å². The van der Waals surface area contributed by atoms with Crippen molar-refractivity contribution in [2.75, 3.05) is 0 Å². The van der Waals surface area contributed by atoms with Gasteiger partial charge >= 0.3 is 0 Å². The number of benzene rings is 1. The van der Waals surface area contributed by atoms with Gasteiger partial charge in [0.1, 0.15) is 6.33 Å². The fourth-order valence-corrected chi connectivity index (χ4v) is 1.49. The van der Waals surface area contributed by atoms with Gasteiger partial charge in [0.2, 0.25) is 4.73 Å². The van der Waals surface area contributed by atoms with Crippen molar-refractivity contribution in [1.29, 1.82) is 0 Å². The Hall–Kier alpha value is -1.16. The second-order valence-corrected chi connectivity index (χ2v) is 3.51. The Bertz CT molecular complexity index is 405. The van der Waals surface area contributed by atoms with Gasteiger partial charge in [0.15, 0.2) is 0 Å². The van der Waals surface area contributed by atoms with Gasteiger partial charge < -0.3 is 0 Å². The van der Waals surface area contributed by atoms with Crippen LogP contribution in [0.5, 0.6) is 0 Å². The van der Waals surface area contributed by atoms with Gasteiger partial charge in [-0.2, -0.15) is 0 Å². The lowest BCUT2D eigenvalue weighted by Crippen LogP contribution is -1.91. The third kappa shape index (κ3) is 1.62. The van der Waals surface area contributed by atoms with Crippen molar-refractivity contribution in [3.05, 3.63) is 40.9 Å². The van der Waals surface area contributed by atoms with E-state index >= 15 is 0 Å². The van der Waals surface area contributed by atoms with Gasteiger partial charge in [0.05, 0.1) is 0 Å². The van der Waals surface area contributed by atoms with E-state index in [1.807, 2.05) is 16.7 Å². The van der Waals surface area contributed by atoms with E-state index in [1.165, 1.54) is 5.56 Å². The highest BCUT2D eigenvalue weighted by Gasteiger charge is 2.00. The van der Waals surface area contributed by atoms with Gasteiger partial charge in [0, 0.05) is 5.69 Å². The fraction of sp³-hybridized carbons (Fsp3) is 0.111. The van der Waals surface area contributed by atoms with E-state index in [4.69, 9.17) is 0 Å². The van der Waals surface area contributed by atoms with Crippen molar-refractivity contribution < 1.29 is 0 Å². The van der Waals surface area contributed by atoms with Crippen LogP contribution in [0.1, 0.15) is 5.56 Å². The van der Waals surface area contributed by atoms with Crippen LogP contribution in [0.15, 0.2) is 35.3 Å². The summed E-state index contributed by atoms with van der Waals surface area (Å²) < 4.78 is 2.59. The zero-order valence-electron chi connectivity index (χ0n) is 7.11. The van der Waals surface area contributed by atoms with Crippen molar-refractivity contribution in [3.8, 4) is 5.69 Å². The summed E-state index contributed by atoms with van der Waals surface area (Å²) in [6, 6.07) is 8.18. The molecule has 0 saturated heterocycles. The van der Waals surface area contributed by atoms with Crippen LogP contribution >= 0.6 is 15.9 Å². The number of hydrogen-bond donors (Lipinski definition) is 0. The summed E-state index contributed by atoms with van der Waals surface area (Å²) in [6.45, 7) is 2.06. The molecule has 4 heteroatoms. The van der Waals surface area contributed by atoms with Crippen molar-refractivity contribution in [1.82, 2.24) is 14.8 Å². The van der Waals surface area contributed by atoms with Crippen molar-refractivity contribution in [2.24, 2.45) is 0 Å². The second-order valence-electron chi connectivity index (χ2n) is 2.81. The maximum Gasteiger partial charge on any atom is 0.204 e. The third-order valence-corrected chi connectivity index (χ3v) is 2.36. The Morgan fingerprint density at radius 3 is 2.46 bits per heavy atom. The third-order valence-electron chi connectivity index (χ3n) is 1.82. The highest BCUT2D eigenvalue weighted by Crippen LogP contribution is 2.13. The van der Waals surface area contributed by atoms with E-state index in [2.05, 4.69) is 45.2 Å². The average Bonchev–Trinajstić information content (AvgIpc) is 2.53. The molecule has 0 aliphatic carbocycles. The van der Waals surface area contributed by atoms with Gasteiger partial charge in [-0.1, -0.05) is 17.7 Å². The molecule has 0 atom stereocenters. The monoisotopic (exact) mass is 237 g/mol. The standard InChI is InChI=1S/C9H8BrN3/c1-7-2-4-8(5-3-7)13-6-11-12-9(13)10/h2-6H,1H3. The molecule has 0 fully saturated rings. The molecule has 13 heavy (non-hydrogen) atoms. The predicted octanol–water partition coefficient (Wildman–Crippen LogP) is 2.34. The van der Waals surface area contributed by atoms with Crippen LogP contribution in [-0.2, 0) is 0 Å². The van der Waals surface area contributed by atoms with E-state index in [1.54, 1.807) is 6.33 Å². The molecule has 2 rings (SSSR count). The molecule has 1 heterocycles. The second kappa shape index (κ2) is 3.30. The van der Waals surface area contributed by atoms with E-state index in [9.17, 15) is 0 Å². The van der Waals surface area contributed by atoms with E-state index in [0.29, 0.717) is 0 Å². The number of aryl methyl sites for hydroxylation is 1. The minimum atomic E-state index is 0.719. The Morgan fingerprint density at radius 1 is 1.23 bits per heavy atom. The summed E-state index contributed by atoms with van der Waals surface area (Å²) in [6.07, 6.45) is 1.68. The van der Waals surface area contributed by atoms with Gasteiger partial charge in [-0.15, -0.1) is 10.2 Å². The summed E-state index contributed by atoms with van der Waals surface area (Å²) in [7, 11) is 0. The first-order valence-corrected chi connectivity index (χ1v) is 4.69. The number of halogens is 1. The molecular formula is C9H8BrN3. The molecule has 0 N–H and O–H groups in total. The van der Waals surface area contributed by atoms with Crippen molar-refractivity contribution >= 4 is 15.9 Å². The van der Waals surface area contributed by atoms with Crippen LogP contribution in [-0.4, -0.2) is 14.8 Å². The molecular weight excluding hydrogens is 230 g/mol. The van der Waals surface area contributed by atoms with Crippen LogP contribution in [0.3, 0.4) is 0 Å². The Labute approximate surface area is 84.5 Å². The Morgan fingerprint density at radius 2 is 1.92 bits per heavy atom. The molecule has 2 aromatic rings. The van der Waals surface area contributed by atoms with Crippen LogP contribution in [0.4, 0.5) is 0 Å². The quantitative estimate of drug-likeness (QED) is 0.763. The zero-order chi connectivity index (χ0) is 9.26. The van der Waals surface area contributed by atoms with Crippen LogP contribution in [0.25, 0.3) is 5.69 Å². The maximum atomic E-state index is 3.85. The molecule has 1 aromatic carbocycles. The smallest absolute Gasteiger partial charge is 0.204 e. The lowest BCUT2D eigenvalue weighted by atomic mass is 10.2. The molecule has 0 unspecified atom stereocenters. The van der Waals surface area contributed by atoms with Crippen molar-refractivity contribution in [3.63, 3.8) is 0 Å². The van der Waals surface area contributed by atoms with Crippen molar-refractivity contribution in [2.45, 2.75) is 6.92 Å². The predicted molar refractivity (Wildman–Crippen MR) is 53.8 cm³/mol. The summed E-state index contributed by atoms with van der Waals surface area (Å²) in [5, 5.41) is 7.63. The van der Waals surface area contributed by atoms with Gasteiger partial charge in [-0.3, -0.25) is 4.57 Å². The largest absolute Gasteiger partial charge is 0.276 e. The summed E-state index contributed by atoms with van der Waals surface area (Å²) in [5.74, 6) is 0. The molecule has 0 amide bonds. The first-order valence-electron chi connectivity index (χ1n) is 3.90. The van der Waals surface area contributed by atoms with Crippen LogP contribution in [0, 0.1) is 6.92 Å². The van der Waals surface area contributed by atoms with Gasteiger partial charge in [-0.05, 0) is 35.0 Å². The van der Waals surface area contributed by atoms with E-state index in [-0.39, 0.29) is 0 Å². The molecule has 3 nitrogen and oxygen atoms in total. The first-order chi connectivity index (χ1) is 6.27. The van der Waals surface area contributed by atoms with E-state index < -0.39 is 0 Å². The molecule has 0 bridgehead atoms. The van der Waals surface area contributed by atoms with Gasteiger partial charge in [0.25, 0.3) is 0 Å². The minimum Gasteiger partial charge on any atom is -0.276 e. The number of hydrogen-bond acceptors (Lipinski definition) is 2.